The van der Waals surface area contributed by atoms with Crippen LogP contribution >= 0.6 is 11.6 Å². The van der Waals surface area contributed by atoms with Gasteiger partial charge in [-0.15, -0.1) is 0 Å². The van der Waals surface area contributed by atoms with Gasteiger partial charge in [-0.3, -0.25) is 0 Å². The summed E-state index contributed by atoms with van der Waals surface area (Å²) < 4.78 is 32.2. The van der Waals surface area contributed by atoms with Gasteiger partial charge < -0.3 is 10.5 Å². The van der Waals surface area contributed by atoms with Crippen molar-refractivity contribution >= 4 is 27.5 Å². The van der Waals surface area contributed by atoms with Crippen molar-refractivity contribution in [2.75, 3.05) is 33.0 Å². The maximum absolute atomic E-state index is 11.9. The van der Waals surface area contributed by atoms with Crippen LogP contribution in [-0.2, 0) is 21.5 Å². The van der Waals surface area contributed by atoms with Crippen molar-refractivity contribution in [3.05, 3.63) is 28.8 Å². The normalized spacial score (nSPS) is 12.0. The molecule has 0 heterocycles. The predicted molar refractivity (Wildman–Crippen MR) is 76.1 cm³/mol. The number of nitrogens with one attached hydrogen (secondary N) is 1. The van der Waals surface area contributed by atoms with Gasteiger partial charge in [0.25, 0.3) is 10.2 Å². The number of halogens is 1. The van der Waals surface area contributed by atoms with E-state index in [-0.39, 0.29) is 13.1 Å². The Balaban J connectivity index is 2.73. The van der Waals surface area contributed by atoms with Gasteiger partial charge in [-0.25, -0.2) is 0 Å². The third-order valence-electron chi connectivity index (χ3n) is 2.46. The number of hydrogen-bond donors (Lipinski definition) is 2. The van der Waals surface area contributed by atoms with Gasteiger partial charge >= 0.3 is 0 Å². The maximum atomic E-state index is 11.9. The molecular formula is C11H18ClN3O3S. The van der Waals surface area contributed by atoms with Crippen molar-refractivity contribution in [3.63, 3.8) is 0 Å². The van der Waals surface area contributed by atoms with E-state index in [9.17, 15) is 8.42 Å². The van der Waals surface area contributed by atoms with Gasteiger partial charge in [0.2, 0.25) is 0 Å². The summed E-state index contributed by atoms with van der Waals surface area (Å²) in [5.74, 6) is 0. The quantitative estimate of drug-likeness (QED) is 0.577. The summed E-state index contributed by atoms with van der Waals surface area (Å²) in [4.78, 5) is 0. The molecule has 0 saturated carbocycles. The first-order valence-electron chi connectivity index (χ1n) is 5.60. The molecule has 19 heavy (non-hydrogen) atoms. The molecule has 0 unspecified atom stereocenters. The van der Waals surface area contributed by atoms with Crippen molar-refractivity contribution in [2.45, 2.75) is 6.54 Å². The summed E-state index contributed by atoms with van der Waals surface area (Å²) in [5.41, 5.74) is 6.85. The van der Waals surface area contributed by atoms with Crippen LogP contribution in [-0.4, -0.2) is 40.0 Å². The fraction of sp³-hybridized carbons (Fsp3) is 0.455. The van der Waals surface area contributed by atoms with E-state index in [0.29, 0.717) is 22.9 Å². The first-order valence-corrected chi connectivity index (χ1v) is 7.42. The number of rotatable bonds is 7. The number of methoxy groups -OCH3 is 1. The lowest BCUT2D eigenvalue weighted by molar-refractivity contribution is 0.204. The number of nitrogens with two attached hydrogens (primary N) is 1. The molecule has 0 aromatic heterocycles. The molecule has 0 aliphatic carbocycles. The summed E-state index contributed by atoms with van der Waals surface area (Å²) >= 11 is 6.00. The second-order valence-electron chi connectivity index (χ2n) is 4.00. The molecule has 0 radical (unpaired) electrons. The molecule has 1 aromatic rings. The Morgan fingerprint density at radius 3 is 2.79 bits per heavy atom. The van der Waals surface area contributed by atoms with Gasteiger partial charge in [0, 0.05) is 38.0 Å². The van der Waals surface area contributed by atoms with Crippen LogP contribution in [0, 0.1) is 0 Å². The van der Waals surface area contributed by atoms with E-state index in [2.05, 4.69) is 4.72 Å². The minimum atomic E-state index is -3.56. The monoisotopic (exact) mass is 307 g/mol. The molecule has 0 aliphatic heterocycles. The third kappa shape index (κ3) is 4.96. The number of anilines is 1. The van der Waals surface area contributed by atoms with Crippen LogP contribution in [0.25, 0.3) is 0 Å². The Kier molecular flexibility index (Phi) is 6.02. The lowest BCUT2D eigenvalue weighted by Crippen LogP contribution is -2.39. The highest BCUT2D eigenvalue weighted by atomic mass is 35.5. The van der Waals surface area contributed by atoms with Crippen molar-refractivity contribution in [1.29, 1.82) is 0 Å². The topological polar surface area (TPSA) is 84.7 Å². The van der Waals surface area contributed by atoms with E-state index >= 15 is 0 Å². The van der Waals surface area contributed by atoms with Crippen molar-refractivity contribution < 1.29 is 13.2 Å². The second-order valence-corrected chi connectivity index (χ2v) is 6.27. The van der Waals surface area contributed by atoms with Crippen molar-refractivity contribution in [1.82, 2.24) is 9.03 Å². The SMILES string of the molecule is COCCNS(=O)(=O)N(C)Cc1cc(N)ccc1Cl. The zero-order valence-corrected chi connectivity index (χ0v) is 12.5. The van der Waals surface area contributed by atoms with Crippen LogP contribution in [0.1, 0.15) is 5.56 Å². The summed E-state index contributed by atoms with van der Waals surface area (Å²) in [6.45, 7) is 0.673. The Morgan fingerprint density at radius 1 is 1.47 bits per heavy atom. The van der Waals surface area contributed by atoms with Gasteiger partial charge in [0.05, 0.1) is 6.61 Å². The molecule has 1 rings (SSSR count). The number of ether oxygens (including phenoxy) is 1. The van der Waals surface area contributed by atoms with Crippen LogP contribution in [0.3, 0.4) is 0 Å². The van der Waals surface area contributed by atoms with Gasteiger partial charge in [0.15, 0.2) is 0 Å². The number of nitrogens with zero attached hydrogens (tertiary/aromatic N) is 1. The highest BCUT2D eigenvalue weighted by Gasteiger charge is 2.18. The van der Waals surface area contributed by atoms with E-state index in [1.54, 1.807) is 18.2 Å². The standard InChI is InChI=1S/C11H18ClN3O3S/c1-15(19(16,17)14-5-6-18-2)8-9-7-10(13)3-4-11(9)12/h3-4,7,14H,5-6,8,13H2,1-2H3. The largest absolute Gasteiger partial charge is 0.399 e. The molecule has 0 spiro atoms. The molecule has 0 saturated heterocycles. The van der Waals surface area contributed by atoms with Gasteiger partial charge in [0.1, 0.15) is 0 Å². The van der Waals surface area contributed by atoms with Crippen LogP contribution in [0.5, 0.6) is 0 Å². The average molecular weight is 308 g/mol. The van der Waals surface area contributed by atoms with Crippen LogP contribution in [0.2, 0.25) is 5.02 Å². The maximum Gasteiger partial charge on any atom is 0.279 e. The first-order chi connectivity index (χ1) is 8.86. The Bertz CT molecular complexity index is 522. The molecule has 108 valence electrons. The number of benzene rings is 1. The molecule has 3 N–H and O–H groups in total. The molecule has 0 bridgehead atoms. The van der Waals surface area contributed by atoms with E-state index in [0.717, 1.165) is 0 Å². The van der Waals surface area contributed by atoms with Gasteiger partial charge in [-0.2, -0.15) is 17.4 Å². The van der Waals surface area contributed by atoms with E-state index in [1.165, 1.54) is 18.5 Å². The molecular weight excluding hydrogens is 290 g/mol. The fourth-order valence-corrected chi connectivity index (χ4v) is 2.47. The number of nitrogen functional groups attached to an aromatic ring is 1. The summed E-state index contributed by atoms with van der Waals surface area (Å²) in [6, 6.07) is 4.96. The third-order valence-corrected chi connectivity index (χ3v) is 4.35. The molecule has 0 amide bonds. The van der Waals surface area contributed by atoms with E-state index in [1.807, 2.05) is 0 Å². The zero-order chi connectivity index (χ0) is 14.5. The van der Waals surface area contributed by atoms with Crippen molar-refractivity contribution in [2.24, 2.45) is 0 Å². The summed E-state index contributed by atoms with van der Waals surface area (Å²) in [7, 11) is -0.585. The van der Waals surface area contributed by atoms with Crippen LogP contribution < -0.4 is 10.5 Å². The molecule has 0 aliphatic rings. The predicted octanol–water partition coefficient (Wildman–Crippen LogP) is 0.835. The number of hydrogen-bond acceptors (Lipinski definition) is 4. The Labute approximate surface area is 118 Å². The summed E-state index contributed by atoms with van der Waals surface area (Å²) in [6.07, 6.45) is 0. The van der Waals surface area contributed by atoms with E-state index in [4.69, 9.17) is 22.1 Å². The first kappa shape index (κ1) is 16.2. The zero-order valence-electron chi connectivity index (χ0n) is 10.9. The smallest absolute Gasteiger partial charge is 0.279 e. The molecule has 0 atom stereocenters. The molecule has 0 fully saturated rings. The lowest BCUT2D eigenvalue weighted by atomic mass is 10.2. The highest BCUT2D eigenvalue weighted by Crippen LogP contribution is 2.20. The second kappa shape index (κ2) is 7.06. The minimum absolute atomic E-state index is 0.145. The molecule has 1 aromatic carbocycles. The van der Waals surface area contributed by atoms with E-state index < -0.39 is 10.2 Å². The Morgan fingerprint density at radius 2 is 2.16 bits per heavy atom. The Hall–Kier alpha value is -0.860. The lowest BCUT2D eigenvalue weighted by Gasteiger charge is -2.18. The van der Waals surface area contributed by atoms with Crippen LogP contribution in [0.4, 0.5) is 5.69 Å². The minimum Gasteiger partial charge on any atom is -0.399 e. The van der Waals surface area contributed by atoms with Gasteiger partial charge in [-0.05, 0) is 23.8 Å². The highest BCUT2D eigenvalue weighted by molar-refractivity contribution is 7.87. The fourth-order valence-electron chi connectivity index (χ4n) is 1.42. The molecule has 8 heteroatoms. The summed E-state index contributed by atoms with van der Waals surface area (Å²) in [5, 5.41) is 0.480. The van der Waals surface area contributed by atoms with Crippen molar-refractivity contribution in [3.8, 4) is 0 Å². The van der Waals surface area contributed by atoms with Gasteiger partial charge in [-0.1, -0.05) is 11.6 Å². The van der Waals surface area contributed by atoms with Crippen LogP contribution in [0.15, 0.2) is 18.2 Å². The average Bonchev–Trinajstić information content (AvgIpc) is 2.34. The molecule has 6 nitrogen and oxygen atoms in total.